The van der Waals surface area contributed by atoms with E-state index < -0.39 is 0 Å². The molecule has 1 heterocycles. The number of anilines is 2. The number of nitrogens with one attached hydrogen (secondary N) is 1. The van der Waals surface area contributed by atoms with E-state index in [4.69, 9.17) is 0 Å². The minimum atomic E-state index is -0.278. The third-order valence-corrected chi connectivity index (χ3v) is 5.85. The number of rotatable bonds is 3. The molecule has 3 aromatic carbocycles. The Labute approximate surface area is 157 Å². The number of likely N-dealkylation sites (tertiary alicyclic amines) is 1. The standard InChI is InChI=1S/C23H21FN2O/c1-14-4-2-7-19-21(25-18-6-3-5-17(24)11-18)9-8-20(22(14)19)23(27)26-12-15-10-16(15)13-26/h2-9,11,15-16,25H,10,12-13H2,1H3. The van der Waals surface area contributed by atoms with Gasteiger partial charge in [0, 0.05) is 35.4 Å². The normalized spacial score (nSPS) is 20.6. The molecule has 5 rings (SSSR count). The van der Waals surface area contributed by atoms with Crippen LogP contribution >= 0.6 is 0 Å². The minimum absolute atomic E-state index is 0.124. The van der Waals surface area contributed by atoms with Crippen molar-refractivity contribution in [3.8, 4) is 0 Å². The van der Waals surface area contributed by atoms with Crippen LogP contribution in [-0.4, -0.2) is 23.9 Å². The molecule has 3 nitrogen and oxygen atoms in total. The van der Waals surface area contributed by atoms with Crippen molar-refractivity contribution >= 4 is 28.1 Å². The van der Waals surface area contributed by atoms with E-state index in [1.54, 1.807) is 6.07 Å². The van der Waals surface area contributed by atoms with Crippen LogP contribution in [0.2, 0.25) is 0 Å². The number of aryl methyl sites for hydroxylation is 1. The molecular formula is C23H21FN2O. The Hall–Kier alpha value is -2.88. The third kappa shape index (κ3) is 2.85. The van der Waals surface area contributed by atoms with E-state index in [9.17, 15) is 9.18 Å². The summed E-state index contributed by atoms with van der Waals surface area (Å²) in [5.41, 5.74) is 3.40. The number of carbonyl (C=O) groups is 1. The molecule has 1 saturated carbocycles. The summed E-state index contributed by atoms with van der Waals surface area (Å²) in [4.78, 5) is 15.1. The zero-order valence-electron chi connectivity index (χ0n) is 15.2. The highest BCUT2D eigenvalue weighted by Crippen LogP contribution is 2.45. The lowest BCUT2D eigenvalue weighted by atomic mass is 9.97. The Kier molecular flexibility index (Phi) is 3.67. The van der Waals surface area contributed by atoms with Crippen LogP contribution in [-0.2, 0) is 0 Å². The van der Waals surface area contributed by atoms with Crippen LogP contribution in [0.4, 0.5) is 15.8 Å². The first-order valence-electron chi connectivity index (χ1n) is 9.44. The van der Waals surface area contributed by atoms with Gasteiger partial charge in [0.05, 0.1) is 0 Å². The predicted molar refractivity (Wildman–Crippen MR) is 106 cm³/mol. The Balaban J connectivity index is 1.57. The zero-order chi connectivity index (χ0) is 18.5. The summed E-state index contributed by atoms with van der Waals surface area (Å²) in [5.74, 6) is 1.28. The number of benzene rings is 3. The first-order valence-corrected chi connectivity index (χ1v) is 9.44. The summed E-state index contributed by atoms with van der Waals surface area (Å²) < 4.78 is 13.5. The smallest absolute Gasteiger partial charge is 0.254 e. The minimum Gasteiger partial charge on any atom is -0.355 e. The fourth-order valence-corrected chi connectivity index (χ4v) is 4.33. The molecule has 0 radical (unpaired) electrons. The summed E-state index contributed by atoms with van der Waals surface area (Å²) >= 11 is 0. The lowest BCUT2D eigenvalue weighted by Crippen LogP contribution is -2.30. The van der Waals surface area contributed by atoms with E-state index in [-0.39, 0.29) is 11.7 Å². The van der Waals surface area contributed by atoms with Crippen molar-refractivity contribution in [2.24, 2.45) is 11.8 Å². The number of hydrogen-bond donors (Lipinski definition) is 1. The van der Waals surface area contributed by atoms with Gasteiger partial charge in [-0.1, -0.05) is 24.3 Å². The fourth-order valence-electron chi connectivity index (χ4n) is 4.33. The highest BCUT2D eigenvalue weighted by Gasteiger charge is 2.46. The molecule has 2 unspecified atom stereocenters. The molecule has 136 valence electrons. The molecule has 1 amide bonds. The van der Waals surface area contributed by atoms with Gasteiger partial charge in [-0.15, -0.1) is 0 Å². The molecular weight excluding hydrogens is 339 g/mol. The number of fused-ring (bicyclic) bond motifs is 2. The summed E-state index contributed by atoms with van der Waals surface area (Å²) in [6.07, 6.45) is 1.28. The molecule has 2 aliphatic rings. The maximum Gasteiger partial charge on any atom is 0.254 e. The van der Waals surface area contributed by atoms with Gasteiger partial charge in [0.2, 0.25) is 0 Å². The van der Waals surface area contributed by atoms with E-state index in [1.807, 2.05) is 48.2 Å². The molecule has 1 N–H and O–H groups in total. The first kappa shape index (κ1) is 16.3. The molecule has 0 aromatic heterocycles. The van der Waals surface area contributed by atoms with Gasteiger partial charge in [-0.25, -0.2) is 4.39 Å². The lowest BCUT2D eigenvalue weighted by Gasteiger charge is -2.21. The number of halogens is 1. The van der Waals surface area contributed by atoms with Crippen LogP contribution in [0.5, 0.6) is 0 Å². The molecule has 0 bridgehead atoms. The van der Waals surface area contributed by atoms with Crippen LogP contribution in [0.15, 0.2) is 54.6 Å². The summed E-state index contributed by atoms with van der Waals surface area (Å²) in [5, 5.41) is 5.26. The van der Waals surface area contributed by atoms with E-state index in [0.717, 1.165) is 52.5 Å². The molecule has 27 heavy (non-hydrogen) atoms. The largest absolute Gasteiger partial charge is 0.355 e. The van der Waals surface area contributed by atoms with Gasteiger partial charge >= 0.3 is 0 Å². The number of amides is 1. The number of hydrogen-bond acceptors (Lipinski definition) is 2. The van der Waals surface area contributed by atoms with Gasteiger partial charge in [0.15, 0.2) is 0 Å². The number of carbonyl (C=O) groups excluding carboxylic acids is 1. The van der Waals surface area contributed by atoms with Gasteiger partial charge in [0.1, 0.15) is 5.82 Å². The van der Waals surface area contributed by atoms with Crippen LogP contribution in [0.3, 0.4) is 0 Å². The van der Waals surface area contributed by atoms with Gasteiger partial charge in [-0.05, 0) is 66.5 Å². The quantitative estimate of drug-likeness (QED) is 0.703. The molecule has 0 spiro atoms. The van der Waals surface area contributed by atoms with Crippen molar-refractivity contribution in [3.63, 3.8) is 0 Å². The molecule has 2 atom stereocenters. The van der Waals surface area contributed by atoms with Gasteiger partial charge in [0.25, 0.3) is 5.91 Å². The van der Waals surface area contributed by atoms with Crippen LogP contribution in [0, 0.1) is 24.6 Å². The molecule has 1 saturated heterocycles. The van der Waals surface area contributed by atoms with E-state index in [0.29, 0.717) is 5.69 Å². The maximum absolute atomic E-state index is 13.5. The van der Waals surface area contributed by atoms with Crippen molar-refractivity contribution in [1.29, 1.82) is 0 Å². The van der Waals surface area contributed by atoms with Crippen LogP contribution < -0.4 is 5.32 Å². The zero-order valence-corrected chi connectivity index (χ0v) is 15.2. The molecule has 1 aliphatic carbocycles. The van der Waals surface area contributed by atoms with E-state index in [2.05, 4.69) is 5.32 Å². The van der Waals surface area contributed by atoms with Crippen LogP contribution in [0.1, 0.15) is 22.3 Å². The van der Waals surface area contributed by atoms with Crippen molar-refractivity contribution in [3.05, 3.63) is 71.5 Å². The Morgan fingerprint density at radius 2 is 1.85 bits per heavy atom. The predicted octanol–water partition coefficient (Wildman–Crippen LogP) is 5.12. The van der Waals surface area contributed by atoms with Gasteiger partial charge in [-0.2, -0.15) is 0 Å². The SMILES string of the molecule is Cc1cccc2c(Nc3cccc(F)c3)ccc(C(=O)N3CC4CC4C3)c12. The number of nitrogens with zero attached hydrogens (tertiary/aromatic N) is 1. The van der Waals surface area contributed by atoms with Crippen molar-refractivity contribution < 1.29 is 9.18 Å². The molecule has 3 aromatic rings. The first-order chi connectivity index (χ1) is 13.1. The topological polar surface area (TPSA) is 32.3 Å². The van der Waals surface area contributed by atoms with Gasteiger partial charge < -0.3 is 10.2 Å². The summed E-state index contributed by atoms with van der Waals surface area (Å²) in [6, 6.07) is 16.3. The van der Waals surface area contributed by atoms with Crippen molar-refractivity contribution in [2.75, 3.05) is 18.4 Å². The van der Waals surface area contributed by atoms with Crippen LogP contribution in [0.25, 0.3) is 10.8 Å². The summed E-state index contributed by atoms with van der Waals surface area (Å²) in [7, 11) is 0. The summed E-state index contributed by atoms with van der Waals surface area (Å²) in [6.45, 7) is 3.81. The van der Waals surface area contributed by atoms with E-state index in [1.165, 1.54) is 18.6 Å². The molecule has 1 aliphatic heterocycles. The van der Waals surface area contributed by atoms with E-state index >= 15 is 0 Å². The van der Waals surface area contributed by atoms with Gasteiger partial charge in [-0.3, -0.25) is 4.79 Å². The Bertz CT molecular complexity index is 1050. The maximum atomic E-state index is 13.5. The van der Waals surface area contributed by atoms with Crippen molar-refractivity contribution in [2.45, 2.75) is 13.3 Å². The Morgan fingerprint density at radius 1 is 1.07 bits per heavy atom. The monoisotopic (exact) mass is 360 g/mol. The average molecular weight is 360 g/mol. The van der Waals surface area contributed by atoms with Crippen molar-refractivity contribution in [1.82, 2.24) is 4.90 Å². The Morgan fingerprint density at radius 3 is 2.63 bits per heavy atom. The highest BCUT2D eigenvalue weighted by molar-refractivity contribution is 6.12. The number of piperidine rings is 1. The second-order valence-electron chi connectivity index (χ2n) is 7.76. The second kappa shape index (κ2) is 6.08. The average Bonchev–Trinajstić information content (AvgIpc) is 3.27. The lowest BCUT2D eigenvalue weighted by molar-refractivity contribution is 0.0777. The highest BCUT2D eigenvalue weighted by atomic mass is 19.1. The second-order valence-corrected chi connectivity index (χ2v) is 7.76. The molecule has 4 heteroatoms. The molecule has 2 fully saturated rings. The fraction of sp³-hybridized carbons (Fsp3) is 0.261. The third-order valence-electron chi connectivity index (χ3n) is 5.85.